The van der Waals surface area contributed by atoms with Gasteiger partial charge >= 0.3 is 0 Å². The summed E-state index contributed by atoms with van der Waals surface area (Å²) in [5.74, 6) is 2.42. The Kier molecular flexibility index (Phi) is 7.03. The van der Waals surface area contributed by atoms with Crippen LogP contribution in [0.15, 0.2) is 48.5 Å². The second-order valence-electron chi connectivity index (χ2n) is 5.49. The fourth-order valence-electron chi connectivity index (χ4n) is 2.51. The highest BCUT2D eigenvalue weighted by atomic mass is 35.5. The van der Waals surface area contributed by atoms with Gasteiger partial charge in [-0.3, -0.25) is 0 Å². The van der Waals surface area contributed by atoms with Crippen molar-refractivity contribution in [1.29, 1.82) is 0 Å². The lowest BCUT2D eigenvalue weighted by molar-refractivity contribution is 0.239. The molecule has 5 heteroatoms. The van der Waals surface area contributed by atoms with E-state index < -0.39 is 0 Å². The van der Waals surface area contributed by atoms with Gasteiger partial charge in [0.1, 0.15) is 23.9 Å². The number of hydrogen-bond acceptors (Lipinski definition) is 3. The second-order valence-corrected chi connectivity index (χ2v) is 5.92. The second kappa shape index (κ2) is 9.02. The minimum absolute atomic E-state index is 0. The summed E-state index contributed by atoms with van der Waals surface area (Å²) >= 11 is 5.86. The third kappa shape index (κ3) is 5.61. The van der Waals surface area contributed by atoms with Crippen molar-refractivity contribution < 1.29 is 9.47 Å². The van der Waals surface area contributed by atoms with E-state index in [-0.39, 0.29) is 12.4 Å². The molecule has 2 aromatic rings. The maximum Gasteiger partial charge on any atom is 0.127 e. The van der Waals surface area contributed by atoms with Crippen molar-refractivity contribution in [1.82, 2.24) is 5.32 Å². The van der Waals surface area contributed by atoms with Gasteiger partial charge in [0.15, 0.2) is 0 Å². The quantitative estimate of drug-likeness (QED) is 0.813. The van der Waals surface area contributed by atoms with Crippen LogP contribution in [0.2, 0.25) is 5.02 Å². The van der Waals surface area contributed by atoms with Crippen LogP contribution < -0.4 is 14.8 Å². The lowest BCUT2D eigenvalue weighted by Crippen LogP contribution is -2.38. The summed E-state index contributed by atoms with van der Waals surface area (Å²) in [6, 6.07) is 15.5. The van der Waals surface area contributed by atoms with E-state index in [4.69, 9.17) is 21.1 Å². The first-order chi connectivity index (χ1) is 10.8. The van der Waals surface area contributed by atoms with E-state index in [2.05, 4.69) is 5.32 Å². The summed E-state index contributed by atoms with van der Waals surface area (Å²) in [5, 5.41) is 4.18. The van der Waals surface area contributed by atoms with Gasteiger partial charge in [0.05, 0.1) is 0 Å². The highest BCUT2D eigenvalue weighted by molar-refractivity contribution is 6.30. The van der Waals surface area contributed by atoms with Gasteiger partial charge in [-0.15, -0.1) is 12.4 Å². The Morgan fingerprint density at radius 1 is 0.913 bits per heavy atom. The minimum Gasteiger partial charge on any atom is -0.492 e. The van der Waals surface area contributed by atoms with Crippen molar-refractivity contribution in [3.05, 3.63) is 53.6 Å². The van der Waals surface area contributed by atoms with Crippen LogP contribution >= 0.6 is 24.0 Å². The number of nitrogens with one attached hydrogen (secondary N) is 1. The largest absolute Gasteiger partial charge is 0.492 e. The standard InChI is InChI=1S/C18H20ClNO2.ClH/c19-14-4-6-17(7-5-14)22-18-10-8-16(9-11-18)21-13-15-3-1-2-12-20-15;/h4-11,15,20H,1-3,12-13H2;1H. The number of piperidine rings is 1. The Labute approximate surface area is 148 Å². The molecule has 3 rings (SSSR count). The van der Waals surface area contributed by atoms with Crippen LogP contribution in [0, 0.1) is 0 Å². The fraction of sp³-hybridized carbons (Fsp3) is 0.333. The lowest BCUT2D eigenvalue weighted by Gasteiger charge is -2.23. The number of rotatable bonds is 5. The number of ether oxygens (including phenoxy) is 2. The van der Waals surface area contributed by atoms with Gasteiger partial charge in [0, 0.05) is 11.1 Å². The molecule has 1 atom stereocenters. The minimum atomic E-state index is 0. The van der Waals surface area contributed by atoms with Crippen LogP contribution in [-0.2, 0) is 0 Å². The highest BCUT2D eigenvalue weighted by Gasteiger charge is 2.12. The zero-order chi connectivity index (χ0) is 15.2. The predicted molar refractivity (Wildman–Crippen MR) is 96.4 cm³/mol. The molecule has 23 heavy (non-hydrogen) atoms. The molecule has 0 aromatic heterocycles. The Morgan fingerprint density at radius 2 is 1.52 bits per heavy atom. The van der Waals surface area contributed by atoms with Crippen LogP contribution in [0.5, 0.6) is 17.2 Å². The van der Waals surface area contributed by atoms with Crippen LogP contribution in [-0.4, -0.2) is 19.2 Å². The Balaban J connectivity index is 0.00000192. The average Bonchev–Trinajstić information content (AvgIpc) is 2.57. The van der Waals surface area contributed by atoms with E-state index in [1.165, 1.54) is 19.3 Å². The zero-order valence-corrected chi connectivity index (χ0v) is 14.4. The summed E-state index contributed by atoms with van der Waals surface area (Å²) in [5.41, 5.74) is 0. The van der Waals surface area contributed by atoms with Gasteiger partial charge < -0.3 is 14.8 Å². The molecule has 0 aliphatic carbocycles. The molecule has 0 radical (unpaired) electrons. The maximum atomic E-state index is 5.86. The van der Waals surface area contributed by atoms with E-state index in [1.807, 2.05) is 48.5 Å². The molecule has 0 spiro atoms. The molecule has 2 aromatic carbocycles. The fourth-order valence-corrected chi connectivity index (χ4v) is 2.63. The predicted octanol–water partition coefficient (Wildman–Crippen LogP) is 5.08. The van der Waals surface area contributed by atoms with Crippen LogP contribution in [0.4, 0.5) is 0 Å². The summed E-state index contributed by atoms with van der Waals surface area (Å²) < 4.78 is 11.6. The summed E-state index contributed by atoms with van der Waals surface area (Å²) in [6.07, 6.45) is 3.75. The van der Waals surface area contributed by atoms with Gasteiger partial charge in [0.25, 0.3) is 0 Å². The molecule has 0 amide bonds. The van der Waals surface area contributed by atoms with E-state index in [0.717, 1.165) is 30.4 Å². The molecule has 1 aliphatic heterocycles. The first kappa shape index (κ1) is 17.9. The van der Waals surface area contributed by atoms with E-state index in [9.17, 15) is 0 Å². The van der Waals surface area contributed by atoms with Gasteiger partial charge in [-0.1, -0.05) is 18.0 Å². The smallest absolute Gasteiger partial charge is 0.127 e. The molecule has 124 valence electrons. The molecule has 3 nitrogen and oxygen atoms in total. The van der Waals surface area contributed by atoms with Crippen molar-refractivity contribution in [2.45, 2.75) is 25.3 Å². The van der Waals surface area contributed by atoms with Gasteiger partial charge in [-0.25, -0.2) is 0 Å². The molecule has 1 N–H and O–H groups in total. The molecule has 1 unspecified atom stereocenters. The van der Waals surface area contributed by atoms with Gasteiger partial charge in [-0.2, -0.15) is 0 Å². The molecule has 1 aliphatic rings. The van der Waals surface area contributed by atoms with Crippen LogP contribution in [0.3, 0.4) is 0 Å². The molecular formula is C18H21Cl2NO2. The number of benzene rings is 2. The molecule has 1 fully saturated rings. The molecule has 1 saturated heterocycles. The van der Waals surface area contributed by atoms with Crippen molar-refractivity contribution in [3.8, 4) is 17.2 Å². The average molecular weight is 354 g/mol. The first-order valence-corrected chi connectivity index (χ1v) is 8.07. The summed E-state index contributed by atoms with van der Waals surface area (Å²) in [6.45, 7) is 1.82. The molecular weight excluding hydrogens is 333 g/mol. The van der Waals surface area contributed by atoms with E-state index in [1.54, 1.807) is 0 Å². The molecule has 0 saturated carbocycles. The van der Waals surface area contributed by atoms with E-state index >= 15 is 0 Å². The summed E-state index contributed by atoms with van der Waals surface area (Å²) in [4.78, 5) is 0. The Morgan fingerprint density at radius 3 is 2.13 bits per heavy atom. The van der Waals surface area contributed by atoms with Gasteiger partial charge in [0.2, 0.25) is 0 Å². The maximum absolute atomic E-state index is 5.86. The zero-order valence-electron chi connectivity index (χ0n) is 12.8. The van der Waals surface area contributed by atoms with Crippen molar-refractivity contribution in [2.24, 2.45) is 0 Å². The van der Waals surface area contributed by atoms with E-state index in [0.29, 0.717) is 11.1 Å². The Hall–Kier alpha value is -1.42. The summed E-state index contributed by atoms with van der Waals surface area (Å²) in [7, 11) is 0. The number of hydrogen-bond donors (Lipinski definition) is 1. The molecule has 1 heterocycles. The van der Waals surface area contributed by atoms with Crippen molar-refractivity contribution in [3.63, 3.8) is 0 Å². The monoisotopic (exact) mass is 353 g/mol. The lowest BCUT2D eigenvalue weighted by atomic mass is 10.1. The Bertz CT molecular complexity index is 581. The first-order valence-electron chi connectivity index (χ1n) is 7.69. The van der Waals surface area contributed by atoms with Crippen molar-refractivity contribution in [2.75, 3.05) is 13.2 Å². The van der Waals surface area contributed by atoms with Crippen LogP contribution in [0.25, 0.3) is 0 Å². The third-order valence-corrected chi connectivity index (χ3v) is 3.99. The highest BCUT2D eigenvalue weighted by Crippen LogP contribution is 2.25. The normalized spacial score (nSPS) is 17.2. The topological polar surface area (TPSA) is 30.5 Å². The van der Waals surface area contributed by atoms with Gasteiger partial charge in [-0.05, 0) is 67.9 Å². The van der Waals surface area contributed by atoms with Crippen LogP contribution in [0.1, 0.15) is 19.3 Å². The number of halogens is 2. The molecule has 0 bridgehead atoms. The SMILES string of the molecule is Cl.Clc1ccc(Oc2ccc(OCC3CCCCN3)cc2)cc1. The van der Waals surface area contributed by atoms with Crippen molar-refractivity contribution >= 4 is 24.0 Å². The third-order valence-electron chi connectivity index (χ3n) is 3.74.